The fourth-order valence-electron chi connectivity index (χ4n) is 2.99. The Labute approximate surface area is 179 Å². The molecule has 0 saturated carbocycles. The Hall–Kier alpha value is -2.63. The first-order valence-electron chi connectivity index (χ1n) is 8.99. The van der Waals surface area contributed by atoms with E-state index in [0.717, 1.165) is 11.1 Å². The van der Waals surface area contributed by atoms with Gasteiger partial charge in [0.15, 0.2) is 17.3 Å². The van der Waals surface area contributed by atoms with Gasteiger partial charge < -0.3 is 18.8 Å². The molecule has 0 aliphatic rings. The number of rotatable bonds is 8. The summed E-state index contributed by atoms with van der Waals surface area (Å²) in [5, 5.41) is 1.15. The number of ether oxygens (including phenoxy) is 2. The molecule has 152 valence electrons. The molecule has 5 nitrogen and oxygen atoms in total. The molecule has 0 aliphatic heterocycles. The molecule has 0 aliphatic carbocycles. The van der Waals surface area contributed by atoms with Crippen LogP contribution in [0.25, 0.3) is 0 Å². The van der Waals surface area contributed by atoms with Gasteiger partial charge in [-0.05, 0) is 53.9 Å². The maximum Gasteiger partial charge on any atom is 0.289 e. The third-order valence-corrected chi connectivity index (χ3v) is 5.09. The van der Waals surface area contributed by atoms with Crippen molar-refractivity contribution in [3.8, 4) is 11.5 Å². The van der Waals surface area contributed by atoms with Crippen molar-refractivity contribution in [3.63, 3.8) is 0 Å². The molecule has 0 atom stereocenters. The maximum absolute atomic E-state index is 13.0. The van der Waals surface area contributed by atoms with Gasteiger partial charge in [0.25, 0.3) is 5.91 Å². The van der Waals surface area contributed by atoms with Crippen LogP contribution >= 0.6 is 23.2 Å². The third-order valence-electron chi connectivity index (χ3n) is 4.51. The maximum atomic E-state index is 13.0. The summed E-state index contributed by atoms with van der Waals surface area (Å²) in [6, 6.07) is 14.3. The van der Waals surface area contributed by atoms with Gasteiger partial charge in [0.05, 0.1) is 20.5 Å². The Morgan fingerprint density at radius 1 is 1.03 bits per heavy atom. The van der Waals surface area contributed by atoms with Crippen LogP contribution in [0.3, 0.4) is 0 Å². The van der Waals surface area contributed by atoms with Crippen LogP contribution in [0.15, 0.2) is 59.2 Å². The summed E-state index contributed by atoms with van der Waals surface area (Å²) in [4.78, 5) is 14.7. The van der Waals surface area contributed by atoms with Gasteiger partial charge in [0.1, 0.15) is 0 Å². The zero-order valence-corrected chi connectivity index (χ0v) is 17.7. The normalized spacial score (nSPS) is 10.6. The summed E-state index contributed by atoms with van der Waals surface area (Å²) in [7, 11) is 3.16. The standard InChI is InChI=1S/C22H21Cl2NO4/c1-27-19-8-5-15(12-21(19)28-2)14-25(22(26)20-4-3-11-29-20)10-9-16-6-7-17(23)13-18(16)24/h3-8,11-13H,9-10,14H2,1-2H3. The lowest BCUT2D eigenvalue weighted by atomic mass is 10.1. The van der Waals surface area contributed by atoms with Crippen LogP contribution in [0.5, 0.6) is 11.5 Å². The SMILES string of the molecule is COc1ccc(CN(CCc2ccc(Cl)cc2Cl)C(=O)c2ccco2)cc1OC. The number of amides is 1. The molecule has 0 radical (unpaired) electrons. The summed E-state index contributed by atoms with van der Waals surface area (Å²) < 4.78 is 16.0. The Morgan fingerprint density at radius 2 is 1.83 bits per heavy atom. The zero-order chi connectivity index (χ0) is 20.8. The lowest BCUT2D eigenvalue weighted by molar-refractivity contribution is 0.0712. The van der Waals surface area contributed by atoms with E-state index in [-0.39, 0.29) is 11.7 Å². The first-order valence-corrected chi connectivity index (χ1v) is 9.75. The highest BCUT2D eigenvalue weighted by Gasteiger charge is 2.20. The van der Waals surface area contributed by atoms with Crippen LogP contribution in [0, 0.1) is 0 Å². The van der Waals surface area contributed by atoms with Crippen molar-refractivity contribution in [2.24, 2.45) is 0 Å². The fourth-order valence-corrected chi connectivity index (χ4v) is 3.49. The number of nitrogens with zero attached hydrogens (tertiary/aromatic N) is 1. The number of carbonyl (C=O) groups is 1. The molecule has 3 rings (SSSR count). The average Bonchev–Trinajstić information content (AvgIpc) is 3.26. The van der Waals surface area contributed by atoms with Crippen LogP contribution in [0.4, 0.5) is 0 Å². The van der Waals surface area contributed by atoms with Crippen LogP contribution in [-0.2, 0) is 13.0 Å². The number of hydrogen-bond donors (Lipinski definition) is 0. The number of hydrogen-bond acceptors (Lipinski definition) is 4. The molecule has 29 heavy (non-hydrogen) atoms. The minimum absolute atomic E-state index is 0.199. The number of halogens is 2. The zero-order valence-electron chi connectivity index (χ0n) is 16.2. The van der Waals surface area contributed by atoms with Crippen LogP contribution in [0.2, 0.25) is 10.0 Å². The van der Waals surface area contributed by atoms with E-state index in [4.69, 9.17) is 37.1 Å². The number of methoxy groups -OCH3 is 2. The van der Waals surface area contributed by atoms with E-state index in [2.05, 4.69) is 0 Å². The molecule has 0 unspecified atom stereocenters. The molecule has 1 heterocycles. The van der Waals surface area contributed by atoms with Gasteiger partial charge in [0.2, 0.25) is 0 Å². The predicted molar refractivity (Wildman–Crippen MR) is 113 cm³/mol. The molecule has 0 bridgehead atoms. The van der Waals surface area contributed by atoms with Crippen LogP contribution in [-0.4, -0.2) is 31.6 Å². The number of benzene rings is 2. The van der Waals surface area contributed by atoms with Gasteiger partial charge in [-0.1, -0.05) is 35.3 Å². The summed E-state index contributed by atoms with van der Waals surface area (Å²) in [5.74, 6) is 1.33. The largest absolute Gasteiger partial charge is 0.493 e. The first kappa shape index (κ1) is 21.1. The lowest BCUT2D eigenvalue weighted by Crippen LogP contribution is -2.32. The third kappa shape index (κ3) is 5.25. The molecule has 1 amide bonds. The van der Waals surface area contributed by atoms with Gasteiger partial charge in [-0.3, -0.25) is 4.79 Å². The van der Waals surface area contributed by atoms with Crippen molar-refractivity contribution in [3.05, 3.63) is 81.7 Å². The number of furan rings is 1. The van der Waals surface area contributed by atoms with E-state index in [1.807, 2.05) is 24.3 Å². The Kier molecular flexibility index (Phi) is 7.07. The molecule has 0 N–H and O–H groups in total. The van der Waals surface area contributed by atoms with Gasteiger partial charge in [-0.15, -0.1) is 0 Å². The molecule has 7 heteroatoms. The van der Waals surface area contributed by atoms with E-state index in [1.54, 1.807) is 43.4 Å². The topological polar surface area (TPSA) is 51.9 Å². The lowest BCUT2D eigenvalue weighted by Gasteiger charge is -2.23. The van der Waals surface area contributed by atoms with E-state index < -0.39 is 0 Å². The van der Waals surface area contributed by atoms with Crippen LogP contribution in [0.1, 0.15) is 21.7 Å². The summed E-state index contributed by atoms with van der Waals surface area (Å²) in [5.41, 5.74) is 1.82. The monoisotopic (exact) mass is 433 g/mol. The second kappa shape index (κ2) is 9.72. The minimum atomic E-state index is -0.199. The number of carbonyl (C=O) groups excluding carboxylic acids is 1. The molecule has 2 aromatic carbocycles. The highest BCUT2D eigenvalue weighted by atomic mass is 35.5. The fraction of sp³-hybridized carbons (Fsp3) is 0.227. The average molecular weight is 434 g/mol. The van der Waals surface area contributed by atoms with Crippen molar-refractivity contribution in [1.29, 1.82) is 0 Å². The van der Waals surface area contributed by atoms with E-state index in [1.165, 1.54) is 6.26 Å². The molecule has 3 aromatic rings. The van der Waals surface area contributed by atoms with Crippen LogP contribution < -0.4 is 9.47 Å². The minimum Gasteiger partial charge on any atom is -0.493 e. The van der Waals surface area contributed by atoms with Crippen molar-refractivity contribution in [2.45, 2.75) is 13.0 Å². The summed E-state index contributed by atoms with van der Waals surface area (Å²) in [6.07, 6.45) is 2.06. The van der Waals surface area contributed by atoms with Crippen molar-refractivity contribution >= 4 is 29.1 Å². The van der Waals surface area contributed by atoms with E-state index >= 15 is 0 Å². The Morgan fingerprint density at radius 3 is 2.48 bits per heavy atom. The smallest absolute Gasteiger partial charge is 0.289 e. The summed E-state index contributed by atoms with van der Waals surface area (Å²) >= 11 is 12.3. The molecule has 0 spiro atoms. The van der Waals surface area contributed by atoms with Gasteiger partial charge in [-0.25, -0.2) is 0 Å². The molecule has 0 saturated heterocycles. The molecular formula is C22H21Cl2NO4. The Balaban J connectivity index is 1.82. The highest BCUT2D eigenvalue weighted by Crippen LogP contribution is 2.28. The first-order chi connectivity index (χ1) is 14.0. The molecule has 1 aromatic heterocycles. The van der Waals surface area contributed by atoms with Crippen molar-refractivity contribution in [2.75, 3.05) is 20.8 Å². The van der Waals surface area contributed by atoms with E-state index in [9.17, 15) is 4.79 Å². The second-order valence-corrected chi connectivity index (χ2v) is 7.22. The Bertz CT molecular complexity index is 973. The second-order valence-electron chi connectivity index (χ2n) is 6.38. The van der Waals surface area contributed by atoms with Gasteiger partial charge >= 0.3 is 0 Å². The molecular weight excluding hydrogens is 413 g/mol. The van der Waals surface area contributed by atoms with Crippen molar-refractivity contribution in [1.82, 2.24) is 4.90 Å². The molecule has 0 fully saturated rings. The summed E-state index contributed by atoms with van der Waals surface area (Å²) in [6.45, 7) is 0.834. The van der Waals surface area contributed by atoms with Gasteiger partial charge in [-0.2, -0.15) is 0 Å². The van der Waals surface area contributed by atoms with Gasteiger partial charge in [0, 0.05) is 23.1 Å². The van der Waals surface area contributed by atoms with Crippen molar-refractivity contribution < 1.29 is 18.7 Å². The highest BCUT2D eigenvalue weighted by molar-refractivity contribution is 6.35. The van der Waals surface area contributed by atoms with E-state index in [0.29, 0.717) is 41.1 Å². The quantitative estimate of drug-likeness (QED) is 0.471. The predicted octanol–water partition coefficient (Wildman–Crippen LogP) is 5.49.